The number of rotatable bonds is 3. The molecule has 1 atom stereocenters. The zero-order valence-electron chi connectivity index (χ0n) is 14.1. The number of benzene rings is 1. The second-order valence-electron chi connectivity index (χ2n) is 6.55. The van der Waals surface area contributed by atoms with E-state index in [0.717, 1.165) is 42.8 Å². The lowest BCUT2D eigenvalue weighted by Crippen LogP contribution is -2.27. The summed E-state index contributed by atoms with van der Waals surface area (Å²) in [6, 6.07) is 8.62. The molecule has 2 heterocycles. The maximum Gasteiger partial charge on any atom is 0.179 e. The molecule has 0 saturated carbocycles. The van der Waals surface area contributed by atoms with E-state index in [1.807, 2.05) is 16.9 Å². The smallest absolute Gasteiger partial charge is 0.179 e. The molecule has 0 amide bonds. The van der Waals surface area contributed by atoms with Crippen molar-refractivity contribution < 1.29 is 4.79 Å². The summed E-state index contributed by atoms with van der Waals surface area (Å²) in [5, 5.41) is 17.6. The van der Waals surface area contributed by atoms with Gasteiger partial charge in [-0.15, -0.1) is 5.10 Å². The summed E-state index contributed by atoms with van der Waals surface area (Å²) in [6.45, 7) is 3.64. The maximum atomic E-state index is 12.5. The van der Waals surface area contributed by atoms with Gasteiger partial charge < -0.3 is 4.90 Å². The van der Waals surface area contributed by atoms with Crippen molar-refractivity contribution in [2.45, 2.75) is 32.2 Å². The molecule has 0 radical (unpaired) electrons. The van der Waals surface area contributed by atoms with Crippen molar-refractivity contribution in [2.24, 2.45) is 0 Å². The lowest BCUT2D eigenvalue weighted by atomic mass is 9.87. The summed E-state index contributed by atoms with van der Waals surface area (Å²) in [5.41, 5.74) is 4.36. The van der Waals surface area contributed by atoms with Crippen molar-refractivity contribution >= 4 is 11.5 Å². The predicted molar refractivity (Wildman–Crippen MR) is 92.3 cm³/mol. The topological polar surface area (TPSA) is 74.8 Å². The number of hydrogen-bond donors (Lipinski definition) is 0. The number of hydrogen-bond acceptors (Lipinski definition) is 5. The molecule has 25 heavy (non-hydrogen) atoms. The van der Waals surface area contributed by atoms with Crippen LogP contribution in [0.1, 0.15) is 36.1 Å². The third-order valence-corrected chi connectivity index (χ3v) is 5.11. The van der Waals surface area contributed by atoms with Crippen LogP contribution in [0, 0.1) is 11.3 Å². The minimum Gasteiger partial charge on any atom is -0.368 e. The summed E-state index contributed by atoms with van der Waals surface area (Å²) in [5.74, 6) is -0.0848. The van der Waals surface area contributed by atoms with Crippen LogP contribution < -0.4 is 0 Å². The normalized spacial score (nSPS) is 19.9. The Kier molecular flexibility index (Phi) is 3.85. The van der Waals surface area contributed by atoms with Crippen molar-refractivity contribution in [2.75, 3.05) is 13.1 Å². The van der Waals surface area contributed by atoms with E-state index in [2.05, 4.69) is 40.3 Å². The number of likely N-dealkylation sites (tertiary alicyclic amines) is 1. The number of fused-ring (bicyclic) bond motifs is 1. The molecule has 6 heteroatoms. The van der Waals surface area contributed by atoms with E-state index in [9.17, 15) is 10.1 Å². The Morgan fingerprint density at radius 3 is 3.00 bits per heavy atom. The van der Waals surface area contributed by atoms with E-state index in [-0.39, 0.29) is 11.8 Å². The Labute approximate surface area is 146 Å². The highest BCUT2D eigenvalue weighted by molar-refractivity contribution is 6.10. The zero-order chi connectivity index (χ0) is 17.4. The number of nitrogens with zero attached hydrogens (tertiary/aromatic N) is 5. The van der Waals surface area contributed by atoms with Gasteiger partial charge in [0, 0.05) is 31.3 Å². The fraction of sp³-hybridized carbons (Fsp3) is 0.368. The highest BCUT2D eigenvalue weighted by Gasteiger charge is 2.33. The van der Waals surface area contributed by atoms with Crippen LogP contribution in [0.25, 0.3) is 5.70 Å². The van der Waals surface area contributed by atoms with E-state index >= 15 is 0 Å². The highest BCUT2D eigenvalue weighted by atomic mass is 16.1. The van der Waals surface area contributed by atoms with Gasteiger partial charge in [-0.25, -0.2) is 4.68 Å². The quantitative estimate of drug-likeness (QED) is 0.860. The van der Waals surface area contributed by atoms with Crippen LogP contribution in [0.5, 0.6) is 0 Å². The summed E-state index contributed by atoms with van der Waals surface area (Å²) < 4.78 is 1.86. The van der Waals surface area contributed by atoms with Crippen molar-refractivity contribution in [3.05, 3.63) is 52.9 Å². The molecule has 1 aromatic carbocycles. The van der Waals surface area contributed by atoms with Gasteiger partial charge in [0.05, 0.1) is 17.9 Å². The van der Waals surface area contributed by atoms with Gasteiger partial charge in [-0.05, 0) is 30.0 Å². The van der Waals surface area contributed by atoms with Gasteiger partial charge in [-0.3, -0.25) is 4.79 Å². The first-order chi connectivity index (χ1) is 12.2. The minimum absolute atomic E-state index is 0.0848. The van der Waals surface area contributed by atoms with Gasteiger partial charge in [-0.1, -0.05) is 24.3 Å². The third-order valence-electron chi connectivity index (χ3n) is 5.11. The summed E-state index contributed by atoms with van der Waals surface area (Å²) >= 11 is 0. The van der Waals surface area contributed by atoms with Crippen molar-refractivity contribution in [3.63, 3.8) is 0 Å². The molecule has 2 aromatic rings. The predicted octanol–water partition coefficient (Wildman–Crippen LogP) is 2.15. The van der Waals surface area contributed by atoms with E-state index < -0.39 is 0 Å². The van der Waals surface area contributed by atoms with Crippen LogP contribution in [0.3, 0.4) is 0 Å². The largest absolute Gasteiger partial charge is 0.368 e. The van der Waals surface area contributed by atoms with Gasteiger partial charge in [0.15, 0.2) is 5.78 Å². The van der Waals surface area contributed by atoms with Gasteiger partial charge in [0.25, 0.3) is 0 Å². The first-order valence-corrected chi connectivity index (χ1v) is 8.61. The van der Waals surface area contributed by atoms with Crippen LogP contribution >= 0.6 is 0 Å². The number of aryl methyl sites for hydroxylation is 1. The molecule has 1 fully saturated rings. The second kappa shape index (κ2) is 6.17. The molecule has 1 saturated heterocycles. The van der Waals surface area contributed by atoms with Crippen molar-refractivity contribution in [1.82, 2.24) is 19.9 Å². The standard InChI is InChI=1S/C19H19N5O/c1-2-13-3-4-14-10-18(25)17(11-20)19(16(14)9-13)23-7-5-15(12-23)24-8-6-21-22-24/h3-4,6,8-9,15H,2,5,7,10,12H2,1H3/t15-/m1/s1. The van der Waals surface area contributed by atoms with Crippen molar-refractivity contribution in [3.8, 4) is 6.07 Å². The molecule has 4 rings (SSSR count). The van der Waals surface area contributed by atoms with Crippen LogP contribution in [-0.4, -0.2) is 38.8 Å². The molecule has 0 spiro atoms. The number of aromatic nitrogens is 3. The Morgan fingerprint density at radius 2 is 2.28 bits per heavy atom. The molecule has 0 unspecified atom stereocenters. The third kappa shape index (κ3) is 2.62. The van der Waals surface area contributed by atoms with Gasteiger partial charge >= 0.3 is 0 Å². The monoisotopic (exact) mass is 333 g/mol. The number of carbonyl (C=O) groups excluding carboxylic acids is 1. The molecule has 2 aliphatic rings. The van der Waals surface area contributed by atoms with Crippen molar-refractivity contribution in [1.29, 1.82) is 5.26 Å². The maximum absolute atomic E-state index is 12.5. The molecule has 1 aromatic heterocycles. The van der Waals surface area contributed by atoms with E-state index in [4.69, 9.17) is 0 Å². The lowest BCUT2D eigenvalue weighted by Gasteiger charge is -2.28. The number of allylic oxidation sites excluding steroid dienone is 1. The fourth-order valence-electron chi connectivity index (χ4n) is 3.76. The van der Waals surface area contributed by atoms with Crippen LogP contribution in [0.2, 0.25) is 0 Å². The van der Waals surface area contributed by atoms with Gasteiger partial charge in [-0.2, -0.15) is 5.26 Å². The van der Waals surface area contributed by atoms with Crippen LogP contribution in [0.15, 0.2) is 36.2 Å². The van der Waals surface area contributed by atoms with Gasteiger partial charge in [0.1, 0.15) is 11.6 Å². The van der Waals surface area contributed by atoms with Crippen LogP contribution in [-0.2, 0) is 17.6 Å². The number of nitriles is 1. The molecular weight excluding hydrogens is 314 g/mol. The van der Waals surface area contributed by atoms with Crippen LogP contribution in [0.4, 0.5) is 0 Å². The summed E-state index contributed by atoms with van der Waals surface area (Å²) in [7, 11) is 0. The molecule has 1 aliphatic heterocycles. The Balaban J connectivity index is 1.76. The van der Waals surface area contributed by atoms with E-state index in [1.54, 1.807) is 6.20 Å². The summed E-state index contributed by atoms with van der Waals surface area (Å²) in [4.78, 5) is 14.7. The average Bonchev–Trinajstić information content (AvgIpc) is 3.31. The fourth-order valence-corrected chi connectivity index (χ4v) is 3.76. The molecule has 126 valence electrons. The lowest BCUT2D eigenvalue weighted by molar-refractivity contribution is -0.114. The first-order valence-electron chi connectivity index (χ1n) is 8.61. The Morgan fingerprint density at radius 1 is 1.40 bits per heavy atom. The molecular formula is C19H19N5O. The molecule has 6 nitrogen and oxygen atoms in total. The second-order valence-corrected chi connectivity index (χ2v) is 6.55. The molecule has 0 bridgehead atoms. The minimum atomic E-state index is -0.0848. The van der Waals surface area contributed by atoms with E-state index in [0.29, 0.717) is 12.0 Å². The number of Topliss-reactive ketones (excluding diaryl/α,β-unsaturated/α-hetero) is 1. The highest BCUT2D eigenvalue weighted by Crippen LogP contribution is 2.36. The van der Waals surface area contributed by atoms with Gasteiger partial charge in [0.2, 0.25) is 0 Å². The number of ketones is 1. The number of carbonyl (C=O) groups is 1. The SMILES string of the molecule is CCc1ccc2c(c1)C(N1CC[C@@H](n3ccnn3)C1)=C(C#N)C(=O)C2. The Bertz CT molecular complexity index is 891. The zero-order valence-corrected chi connectivity index (χ0v) is 14.1. The molecule has 1 aliphatic carbocycles. The first kappa shape index (κ1) is 15.6. The Hall–Kier alpha value is -2.94. The van der Waals surface area contributed by atoms with E-state index in [1.165, 1.54) is 5.56 Å². The average molecular weight is 333 g/mol. The summed E-state index contributed by atoms with van der Waals surface area (Å²) in [6.07, 6.45) is 5.70. The molecule has 0 N–H and O–H groups in total.